The van der Waals surface area contributed by atoms with Gasteiger partial charge in [0.05, 0.1) is 35.9 Å². The molecule has 0 amide bonds. The van der Waals surface area contributed by atoms with Gasteiger partial charge in [-0.15, -0.1) is 10.2 Å². The minimum absolute atomic E-state index is 0.0694. The van der Waals surface area contributed by atoms with Gasteiger partial charge < -0.3 is 14.5 Å². The molecule has 5 rings (SSSR count). The molecular formula is C19H20N8O3. The van der Waals surface area contributed by atoms with Gasteiger partial charge in [0, 0.05) is 38.4 Å². The fraction of sp³-hybridized carbons (Fsp3) is 0.368. The molecule has 1 unspecified atom stereocenters. The zero-order valence-corrected chi connectivity index (χ0v) is 16.6. The van der Waals surface area contributed by atoms with Crippen molar-refractivity contribution in [3.05, 3.63) is 24.7 Å². The van der Waals surface area contributed by atoms with Crippen molar-refractivity contribution in [1.29, 1.82) is 0 Å². The zero-order valence-electron chi connectivity index (χ0n) is 16.6. The van der Waals surface area contributed by atoms with Crippen LogP contribution >= 0.6 is 0 Å². The Bertz CT molecular complexity index is 1220. The van der Waals surface area contributed by atoms with Gasteiger partial charge in [0.15, 0.2) is 5.65 Å². The fourth-order valence-corrected chi connectivity index (χ4v) is 3.60. The number of hydrogen-bond acceptors (Lipinski definition) is 9. The highest BCUT2D eigenvalue weighted by Crippen LogP contribution is 2.35. The Balaban J connectivity index is 1.60. The van der Waals surface area contributed by atoms with Crippen molar-refractivity contribution in [1.82, 2.24) is 34.7 Å². The number of aromatic nitrogens is 7. The zero-order chi connectivity index (χ0) is 20.7. The van der Waals surface area contributed by atoms with E-state index in [0.717, 1.165) is 16.7 Å². The summed E-state index contributed by atoms with van der Waals surface area (Å²) in [5.41, 5.74) is 2.87. The number of nitrogens with one attached hydrogen (secondary N) is 1. The number of fused-ring (bicyclic) bond motifs is 1. The lowest BCUT2D eigenvalue weighted by Crippen LogP contribution is -2.31. The first kappa shape index (κ1) is 18.3. The number of cyclic esters (lactones) is 1. The van der Waals surface area contributed by atoms with E-state index in [1.165, 1.54) is 0 Å². The summed E-state index contributed by atoms with van der Waals surface area (Å²) in [4.78, 5) is 16.3. The minimum atomic E-state index is -0.217. The van der Waals surface area contributed by atoms with E-state index in [1.54, 1.807) is 36.4 Å². The van der Waals surface area contributed by atoms with Gasteiger partial charge in [0.2, 0.25) is 0 Å². The molecule has 5 heterocycles. The molecule has 11 nitrogen and oxygen atoms in total. The number of esters is 1. The number of anilines is 1. The molecule has 0 bridgehead atoms. The molecule has 0 aliphatic carbocycles. The average molecular weight is 408 g/mol. The molecule has 1 fully saturated rings. The molecule has 0 saturated carbocycles. The molecule has 1 saturated heterocycles. The first-order chi connectivity index (χ1) is 14.6. The Morgan fingerprint density at radius 2 is 2.10 bits per heavy atom. The highest BCUT2D eigenvalue weighted by molar-refractivity contribution is 5.96. The summed E-state index contributed by atoms with van der Waals surface area (Å²) in [6, 6.07) is 1.73. The molecule has 154 valence electrons. The van der Waals surface area contributed by atoms with E-state index in [9.17, 15) is 4.79 Å². The van der Waals surface area contributed by atoms with E-state index in [2.05, 4.69) is 30.7 Å². The third kappa shape index (κ3) is 3.08. The molecule has 30 heavy (non-hydrogen) atoms. The molecular weight excluding hydrogens is 388 g/mol. The van der Waals surface area contributed by atoms with Crippen LogP contribution in [-0.4, -0.2) is 53.4 Å². The Labute approximate surface area is 171 Å². The fourth-order valence-electron chi connectivity index (χ4n) is 3.60. The van der Waals surface area contributed by atoms with Crippen molar-refractivity contribution >= 4 is 22.7 Å². The van der Waals surface area contributed by atoms with Crippen molar-refractivity contribution in [3.63, 3.8) is 0 Å². The van der Waals surface area contributed by atoms with Crippen molar-refractivity contribution in [2.75, 3.05) is 11.9 Å². The van der Waals surface area contributed by atoms with Crippen LogP contribution in [-0.2, 0) is 23.1 Å². The Kier molecular flexibility index (Phi) is 4.42. The van der Waals surface area contributed by atoms with Crippen LogP contribution in [0.15, 0.2) is 29.1 Å². The SMILES string of the molecule is CCn1ncc2c(NC3CCOC(=O)C3)c(-c3nnc(-c4ccnn4C)o3)cnc21. The van der Waals surface area contributed by atoms with Crippen LogP contribution in [0.5, 0.6) is 0 Å². The second-order valence-electron chi connectivity index (χ2n) is 7.05. The molecule has 1 N–H and O–H groups in total. The number of nitrogens with zero attached hydrogens (tertiary/aromatic N) is 7. The summed E-state index contributed by atoms with van der Waals surface area (Å²) in [6.07, 6.45) is 6.12. The maximum absolute atomic E-state index is 11.8. The summed E-state index contributed by atoms with van der Waals surface area (Å²) in [5, 5.41) is 21.3. The summed E-state index contributed by atoms with van der Waals surface area (Å²) >= 11 is 0. The van der Waals surface area contributed by atoms with Crippen molar-refractivity contribution < 1.29 is 13.9 Å². The summed E-state index contributed by atoms with van der Waals surface area (Å²) in [7, 11) is 1.81. The molecule has 0 aromatic carbocycles. The maximum atomic E-state index is 11.8. The standard InChI is InChI=1S/C19H20N8O3/c1-3-27-17-12(10-22-27)16(23-11-5-7-29-15(28)8-11)13(9-20-17)18-24-25-19(30-18)14-4-6-21-26(14)2/h4,6,9-11H,3,5,7-8H2,1-2H3,(H,20,23). The lowest BCUT2D eigenvalue weighted by atomic mass is 10.1. The quantitative estimate of drug-likeness (QED) is 0.494. The first-order valence-corrected chi connectivity index (χ1v) is 9.73. The van der Waals surface area contributed by atoms with E-state index < -0.39 is 0 Å². The van der Waals surface area contributed by atoms with Gasteiger partial charge in [0.25, 0.3) is 11.8 Å². The predicted octanol–water partition coefficient (Wildman–Crippen LogP) is 2.02. The van der Waals surface area contributed by atoms with Crippen LogP contribution in [0.3, 0.4) is 0 Å². The van der Waals surface area contributed by atoms with Gasteiger partial charge in [-0.1, -0.05) is 0 Å². The number of ether oxygens (including phenoxy) is 1. The van der Waals surface area contributed by atoms with Crippen LogP contribution in [0.2, 0.25) is 0 Å². The largest absolute Gasteiger partial charge is 0.466 e. The van der Waals surface area contributed by atoms with E-state index in [4.69, 9.17) is 9.15 Å². The van der Waals surface area contributed by atoms with E-state index in [0.29, 0.717) is 42.6 Å². The highest BCUT2D eigenvalue weighted by atomic mass is 16.5. The predicted molar refractivity (Wildman–Crippen MR) is 106 cm³/mol. The lowest BCUT2D eigenvalue weighted by molar-refractivity contribution is -0.147. The minimum Gasteiger partial charge on any atom is -0.466 e. The van der Waals surface area contributed by atoms with Crippen molar-refractivity contribution in [3.8, 4) is 23.0 Å². The van der Waals surface area contributed by atoms with Gasteiger partial charge >= 0.3 is 5.97 Å². The number of hydrogen-bond donors (Lipinski definition) is 1. The monoisotopic (exact) mass is 408 g/mol. The van der Waals surface area contributed by atoms with Crippen LogP contribution in [0.25, 0.3) is 34.1 Å². The van der Waals surface area contributed by atoms with Crippen LogP contribution in [0, 0.1) is 0 Å². The van der Waals surface area contributed by atoms with E-state index in [1.807, 2.05) is 11.6 Å². The molecule has 1 aliphatic rings. The smallest absolute Gasteiger partial charge is 0.307 e. The van der Waals surface area contributed by atoms with Gasteiger partial charge in [0.1, 0.15) is 5.69 Å². The topological polar surface area (TPSA) is 126 Å². The summed E-state index contributed by atoms with van der Waals surface area (Å²) < 4.78 is 14.5. The second kappa shape index (κ2) is 7.25. The normalized spacial score (nSPS) is 16.7. The number of rotatable bonds is 5. The van der Waals surface area contributed by atoms with Crippen molar-refractivity contribution in [2.45, 2.75) is 32.4 Å². The van der Waals surface area contributed by atoms with E-state index in [-0.39, 0.29) is 18.4 Å². The third-order valence-electron chi connectivity index (χ3n) is 5.15. The maximum Gasteiger partial charge on any atom is 0.307 e. The number of aryl methyl sites for hydroxylation is 2. The van der Waals surface area contributed by atoms with E-state index >= 15 is 0 Å². The van der Waals surface area contributed by atoms with Crippen molar-refractivity contribution in [2.24, 2.45) is 7.05 Å². The number of pyridine rings is 1. The molecule has 1 aliphatic heterocycles. The Morgan fingerprint density at radius 1 is 1.23 bits per heavy atom. The Hall–Kier alpha value is -3.76. The van der Waals surface area contributed by atoms with Gasteiger partial charge in [-0.2, -0.15) is 10.2 Å². The molecule has 11 heteroatoms. The molecule has 4 aromatic heterocycles. The van der Waals surface area contributed by atoms with Crippen LogP contribution in [0.1, 0.15) is 19.8 Å². The van der Waals surface area contributed by atoms with Gasteiger partial charge in [-0.05, 0) is 13.0 Å². The lowest BCUT2D eigenvalue weighted by Gasteiger charge is -2.24. The summed E-state index contributed by atoms with van der Waals surface area (Å²) in [5.74, 6) is 0.471. The first-order valence-electron chi connectivity index (χ1n) is 9.73. The van der Waals surface area contributed by atoms with Gasteiger partial charge in [-0.3, -0.25) is 9.48 Å². The number of carbonyl (C=O) groups excluding carboxylic acids is 1. The van der Waals surface area contributed by atoms with Crippen LogP contribution in [0.4, 0.5) is 5.69 Å². The molecule has 0 spiro atoms. The average Bonchev–Trinajstić information content (AvgIpc) is 3.47. The molecule has 1 atom stereocenters. The second-order valence-corrected chi connectivity index (χ2v) is 7.05. The number of carbonyl (C=O) groups is 1. The summed E-state index contributed by atoms with van der Waals surface area (Å²) in [6.45, 7) is 3.08. The highest BCUT2D eigenvalue weighted by Gasteiger charge is 2.25. The third-order valence-corrected chi connectivity index (χ3v) is 5.15. The molecule has 4 aromatic rings. The van der Waals surface area contributed by atoms with Gasteiger partial charge in [-0.25, -0.2) is 9.67 Å². The van der Waals surface area contributed by atoms with Crippen LogP contribution < -0.4 is 5.32 Å². The molecule has 0 radical (unpaired) electrons. The Morgan fingerprint density at radius 3 is 2.87 bits per heavy atom.